The lowest BCUT2D eigenvalue weighted by atomic mass is 10.0. The maximum atomic E-state index is 13.0. The van der Waals surface area contributed by atoms with Gasteiger partial charge in [0.2, 0.25) is 5.91 Å². The van der Waals surface area contributed by atoms with Crippen LogP contribution in [0.4, 0.5) is 5.69 Å². The molecule has 7 heteroatoms. The lowest BCUT2D eigenvalue weighted by molar-refractivity contribution is -0.138. The Kier molecular flexibility index (Phi) is 3.05. The van der Waals surface area contributed by atoms with Gasteiger partial charge in [-0.1, -0.05) is 28.1 Å². The summed E-state index contributed by atoms with van der Waals surface area (Å²) in [5.41, 5.74) is -0.583. The first kappa shape index (κ1) is 14.9. The molecule has 0 saturated heterocycles. The molecule has 6 nitrogen and oxygen atoms in total. The van der Waals surface area contributed by atoms with Crippen molar-refractivity contribution < 1.29 is 19.1 Å². The predicted molar refractivity (Wildman–Crippen MR) is 88.5 cm³/mol. The molecule has 4 rings (SSSR count). The molecule has 24 heavy (non-hydrogen) atoms. The van der Waals surface area contributed by atoms with E-state index in [4.69, 9.17) is 4.74 Å². The fourth-order valence-electron chi connectivity index (χ4n) is 3.06. The minimum Gasteiger partial charge on any atom is -0.453 e. The first-order chi connectivity index (χ1) is 11.4. The van der Waals surface area contributed by atoms with E-state index in [0.29, 0.717) is 27.0 Å². The van der Waals surface area contributed by atoms with Crippen LogP contribution < -0.4 is 15.0 Å². The van der Waals surface area contributed by atoms with Crippen molar-refractivity contribution in [1.82, 2.24) is 5.32 Å². The average molecular weight is 387 g/mol. The summed E-state index contributed by atoms with van der Waals surface area (Å²) in [6.07, 6.45) is 0. The molecule has 0 saturated carbocycles. The number of hydrogen-bond donors (Lipinski definition) is 1. The van der Waals surface area contributed by atoms with Crippen LogP contribution in [0, 0.1) is 0 Å². The van der Waals surface area contributed by atoms with E-state index in [1.807, 2.05) is 0 Å². The van der Waals surface area contributed by atoms with Gasteiger partial charge in [-0.05, 0) is 30.3 Å². The van der Waals surface area contributed by atoms with E-state index in [2.05, 4.69) is 21.2 Å². The number of nitrogens with one attached hydrogen (secondary N) is 1. The highest BCUT2D eigenvalue weighted by atomic mass is 79.9. The van der Waals surface area contributed by atoms with Crippen LogP contribution >= 0.6 is 15.9 Å². The van der Waals surface area contributed by atoms with Crippen LogP contribution in [-0.2, 0) is 15.3 Å². The third-order valence-electron chi connectivity index (χ3n) is 4.08. The molecule has 0 bridgehead atoms. The van der Waals surface area contributed by atoms with Crippen LogP contribution in [0.15, 0.2) is 46.9 Å². The van der Waals surface area contributed by atoms with Gasteiger partial charge in [0, 0.05) is 11.4 Å². The van der Waals surface area contributed by atoms with Gasteiger partial charge in [0.05, 0.1) is 16.8 Å². The Morgan fingerprint density at radius 3 is 2.71 bits per heavy atom. The number of anilines is 1. The minimum absolute atomic E-state index is 0.297. The third kappa shape index (κ3) is 1.85. The number of hydrogen-bond acceptors (Lipinski definition) is 4. The molecule has 120 valence electrons. The zero-order chi connectivity index (χ0) is 17.1. The van der Waals surface area contributed by atoms with Crippen LogP contribution in [0.3, 0.4) is 0 Å². The summed E-state index contributed by atoms with van der Waals surface area (Å²) in [6, 6.07) is 11.7. The Bertz CT molecular complexity index is 927. The summed E-state index contributed by atoms with van der Waals surface area (Å²) < 4.78 is 6.63. The van der Waals surface area contributed by atoms with E-state index < -0.39 is 23.4 Å². The standard InChI is InChI=1S/C17H11BrN2O4/c1-9(21)20-13-7-6-10(18)8-12(13)17(16(20)23)19-15(22)11-4-2-3-5-14(11)24-17/h2-8H,1H3,(H,19,22)/t17-/m1/s1. The molecule has 0 unspecified atom stereocenters. The van der Waals surface area contributed by atoms with E-state index in [-0.39, 0.29) is 0 Å². The zero-order valence-electron chi connectivity index (χ0n) is 12.5. The molecule has 0 radical (unpaired) electrons. The number of ether oxygens (including phenoxy) is 1. The van der Waals surface area contributed by atoms with E-state index in [1.165, 1.54) is 6.92 Å². The van der Waals surface area contributed by atoms with Crippen molar-refractivity contribution in [2.75, 3.05) is 4.90 Å². The molecule has 2 aromatic rings. The average Bonchev–Trinajstić information content (AvgIpc) is 2.76. The molecule has 2 aliphatic rings. The van der Waals surface area contributed by atoms with Gasteiger partial charge in [-0.25, -0.2) is 4.90 Å². The van der Waals surface area contributed by atoms with Crippen molar-refractivity contribution in [3.8, 4) is 5.75 Å². The predicted octanol–water partition coefficient (Wildman–Crippen LogP) is 2.32. The van der Waals surface area contributed by atoms with E-state index in [1.54, 1.807) is 42.5 Å². The molecule has 0 aliphatic carbocycles. The second kappa shape index (κ2) is 4.91. The van der Waals surface area contributed by atoms with Gasteiger partial charge in [-0.15, -0.1) is 0 Å². The number of carbonyl (C=O) groups is 3. The summed E-state index contributed by atoms with van der Waals surface area (Å²) in [4.78, 5) is 38.5. The maximum absolute atomic E-state index is 13.0. The van der Waals surface area contributed by atoms with Gasteiger partial charge in [0.1, 0.15) is 5.75 Å². The zero-order valence-corrected chi connectivity index (χ0v) is 14.1. The van der Waals surface area contributed by atoms with Gasteiger partial charge in [-0.3, -0.25) is 14.4 Å². The smallest absolute Gasteiger partial charge is 0.304 e. The number of rotatable bonds is 0. The number of nitrogens with zero attached hydrogens (tertiary/aromatic N) is 1. The topological polar surface area (TPSA) is 75.7 Å². The summed E-state index contributed by atoms with van der Waals surface area (Å²) in [7, 11) is 0. The lowest BCUT2D eigenvalue weighted by Crippen LogP contribution is -2.59. The SMILES string of the molecule is CC(=O)N1C(=O)[C@@]2(NC(=O)c3ccccc3O2)c2cc(Br)ccc21. The van der Waals surface area contributed by atoms with E-state index in [0.717, 1.165) is 4.90 Å². The van der Waals surface area contributed by atoms with Crippen LogP contribution in [0.2, 0.25) is 0 Å². The molecule has 1 atom stereocenters. The maximum Gasteiger partial charge on any atom is 0.304 e. The Morgan fingerprint density at radius 1 is 1.21 bits per heavy atom. The van der Waals surface area contributed by atoms with Crippen molar-refractivity contribution in [2.45, 2.75) is 12.6 Å². The number of amides is 3. The van der Waals surface area contributed by atoms with E-state index >= 15 is 0 Å². The van der Waals surface area contributed by atoms with Crippen molar-refractivity contribution >= 4 is 39.3 Å². The van der Waals surface area contributed by atoms with Gasteiger partial charge in [0.15, 0.2) is 0 Å². The summed E-state index contributed by atoms with van der Waals surface area (Å²) in [5, 5.41) is 2.64. The van der Waals surface area contributed by atoms with Crippen molar-refractivity contribution in [1.29, 1.82) is 0 Å². The molecule has 1 N–H and O–H groups in total. The van der Waals surface area contributed by atoms with Crippen LogP contribution in [0.25, 0.3) is 0 Å². The van der Waals surface area contributed by atoms with Crippen molar-refractivity contribution in [2.24, 2.45) is 0 Å². The highest BCUT2D eigenvalue weighted by Crippen LogP contribution is 2.45. The second-order valence-corrected chi connectivity index (χ2v) is 6.47. The summed E-state index contributed by atoms with van der Waals surface area (Å²) in [5.74, 6) is -1.21. The molecule has 3 amide bonds. The Labute approximate surface area is 145 Å². The molecule has 2 aliphatic heterocycles. The molecular weight excluding hydrogens is 376 g/mol. The molecule has 2 heterocycles. The first-order valence-electron chi connectivity index (χ1n) is 7.20. The molecule has 0 fully saturated rings. The fraction of sp³-hybridized carbons (Fsp3) is 0.118. The number of halogens is 1. The number of carbonyl (C=O) groups excluding carboxylic acids is 3. The first-order valence-corrected chi connectivity index (χ1v) is 7.99. The van der Waals surface area contributed by atoms with Crippen LogP contribution in [0.1, 0.15) is 22.8 Å². The van der Waals surface area contributed by atoms with Gasteiger partial charge < -0.3 is 10.1 Å². The monoisotopic (exact) mass is 386 g/mol. The second-order valence-electron chi connectivity index (χ2n) is 5.55. The number of fused-ring (bicyclic) bond motifs is 3. The van der Waals surface area contributed by atoms with Crippen LogP contribution in [-0.4, -0.2) is 17.7 Å². The number of para-hydroxylation sites is 1. The summed E-state index contributed by atoms with van der Waals surface area (Å²) in [6.45, 7) is 1.29. The van der Waals surface area contributed by atoms with Gasteiger partial charge >= 0.3 is 5.91 Å². The molecule has 0 aromatic heterocycles. The summed E-state index contributed by atoms with van der Waals surface area (Å²) >= 11 is 3.36. The largest absolute Gasteiger partial charge is 0.453 e. The van der Waals surface area contributed by atoms with Crippen molar-refractivity contribution in [3.05, 3.63) is 58.1 Å². The van der Waals surface area contributed by atoms with Gasteiger partial charge in [0.25, 0.3) is 11.6 Å². The quantitative estimate of drug-likeness (QED) is 0.753. The Balaban J connectivity index is 1.96. The highest BCUT2D eigenvalue weighted by Gasteiger charge is 2.58. The van der Waals surface area contributed by atoms with E-state index in [9.17, 15) is 14.4 Å². The molecular formula is C17H11BrN2O4. The van der Waals surface area contributed by atoms with Crippen LogP contribution in [0.5, 0.6) is 5.75 Å². The minimum atomic E-state index is -1.74. The lowest BCUT2D eigenvalue weighted by Gasteiger charge is -2.34. The molecule has 1 spiro atoms. The van der Waals surface area contributed by atoms with Gasteiger partial charge in [-0.2, -0.15) is 0 Å². The van der Waals surface area contributed by atoms with Crippen molar-refractivity contribution in [3.63, 3.8) is 0 Å². The number of benzene rings is 2. The highest BCUT2D eigenvalue weighted by molar-refractivity contribution is 9.10. The normalized spacial score (nSPS) is 21.2. The Morgan fingerprint density at radius 2 is 1.96 bits per heavy atom. The molecule has 2 aromatic carbocycles. The number of imide groups is 1. The Hall–Kier alpha value is -2.67. The third-order valence-corrected chi connectivity index (χ3v) is 4.58. The fourth-order valence-corrected chi connectivity index (χ4v) is 3.42.